The lowest BCUT2D eigenvalue weighted by Crippen LogP contribution is -2.04. The van der Waals surface area contributed by atoms with Crippen LogP contribution in [0.4, 0.5) is 5.69 Å². The highest BCUT2D eigenvalue weighted by molar-refractivity contribution is 5.57. The van der Waals surface area contributed by atoms with Gasteiger partial charge in [0, 0.05) is 18.1 Å². The number of rotatable bonds is 1. The fraction of sp³-hybridized carbons (Fsp3) is 0. The van der Waals surface area contributed by atoms with Gasteiger partial charge in [0.25, 0.3) is 5.56 Å². The molecule has 2 rings (SSSR count). The molecule has 0 spiro atoms. The quantitative estimate of drug-likeness (QED) is 0.679. The van der Waals surface area contributed by atoms with E-state index in [4.69, 9.17) is 5.73 Å². The van der Waals surface area contributed by atoms with Gasteiger partial charge in [0.15, 0.2) is 0 Å². The summed E-state index contributed by atoms with van der Waals surface area (Å²) in [5.41, 5.74) is 7.20. The van der Waals surface area contributed by atoms with Crippen LogP contribution in [0.25, 0.3) is 11.4 Å². The van der Waals surface area contributed by atoms with E-state index in [-0.39, 0.29) is 5.56 Å². The van der Waals surface area contributed by atoms with Gasteiger partial charge in [-0.25, -0.2) is 4.98 Å². The Balaban J connectivity index is 2.49. The number of H-pyrrole nitrogens is 1. The van der Waals surface area contributed by atoms with E-state index in [1.165, 1.54) is 12.4 Å². The second kappa shape index (κ2) is 3.29. The molecule has 0 aliphatic heterocycles. The van der Waals surface area contributed by atoms with Crippen molar-refractivity contribution in [3.63, 3.8) is 0 Å². The van der Waals surface area contributed by atoms with Crippen molar-refractivity contribution in [3.05, 3.63) is 41.1 Å². The van der Waals surface area contributed by atoms with Gasteiger partial charge >= 0.3 is 0 Å². The van der Waals surface area contributed by atoms with Crippen molar-refractivity contribution in [1.82, 2.24) is 15.0 Å². The van der Waals surface area contributed by atoms with Crippen LogP contribution in [0.15, 0.2) is 35.5 Å². The van der Waals surface area contributed by atoms with Crippen LogP contribution >= 0.6 is 0 Å². The summed E-state index contributed by atoms with van der Waals surface area (Å²) >= 11 is 0. The van der Waals surface area contributed by atoms with Crippen molar-refractivity contribution >= 4 is 5.69 Å². The molecule has 70 valence electrons. The normalized spacial score (nSPS) is 10.0. The molecule has 0 aromatic carbocycles. The average Bonchev–Trinajstić information content (AvgIpc) is 2.19. The minimum Gasteiger partial charge on any atom is -0.399 e. The Hall–Kier alpha value is -2.17. The lowest BCUT2D eigenvalue weighted by atomic mass is 10.2. The van der Waals surface area contributed by atoms with E-state index in [2.05, 4.69) is 15.0 Å². The molecule has 0 saturated heterocycles. The number of hydrogen-bond donors (Lipinski definition) is 2. The van der Waals surface area contributed by atoms with Crippen LogP contribution in [0.3, 0.4) is 0 Å². The SMILES string of the molecule is Nc1ccnc(-c2c[nH]c(=O)cn2)c1. The first-order chi connectivity index (χ1) is 6.75. The monoisotopic (exact) mass is 188 g/mol. The highest BCUT2D eigenvalue weighted by Crippen LogP contribution is 2.13. The van der Waals surface area contributed by atoms with E-state index in [0.717, 1.165) is 0 Å². The highest BCUT2D eigenvalue weighted by atomic mass is 16.1. The lowest BCUT2D eigenvalue weighted by molar-refractivity contribution is 1.13. The molecule has 5 nitrogen and oxygen atoms in total. The first-order valence-corrected chi connectivity index (χ1v) is 4.02. The zero-order valence-electron chi connectivity index (χ0n) is 7.27. The van der Waals surface area contributed by atoms with Gasteiger partial charge in [0.05, 0.1) is 11.9 Å². The van der Waals surface area contributed by atoms with Crippen LogP contribution < -0.4 is 11.3 Å². The van der Waals surface area contributed by atoms with E-state index < -0.39 is 0 Å². The fourth-order valence-corrected chi connectivity index (χ4v) is 1.07. The van der Waals surface area contributed by atoms with Crippen LogP contribution in [0.1, 0.15) is 0 Å². The summed E-state index contributed by atoms with van der Waals surface area (Å²) in [4.78, 5) is 21.3. The Morgan fingerprint density at radius 2 is 2.14 bits per heavy atom. The maximum atomic E-state index is 10.8. The van der Waals surface area contributed by atoms with Crippen molar-refractivity contribution in [2.75, 3.05) is 5.73 Å². The van der Waals surface area contributed by atoms with Crippen molar-refractivity contribution in [1.29, 1.82) is 0 Å². The first kappa shape index (κ1) is 8.43. The Bertz CT molecular complexity index is 486. The molecular weight excluding hydrogens is 180 g/mol. The molecule has 2 aromatic heterocycles. The number of nitrogens with one attached hydrogen (secondary N) is 1. The highest BCUT2D eigenvalue weighted by Gasteiger charge is 2.00. The first-order valence-electron chi connectivity index (χ1n) is 4.02. The summed E-state index contributed by atoms with van der Waals surface area (Å²) < 4.78 is 0. The smallest absolute Gasteiger partial charge is 0.266 e. The van der Waals surface area contributed by atoms with Crippen molar-refractivity contribution in [2.24, 2.45) is 0 Å². The van der Waals surface area contributed by atoms with Gasteiger partial charge in [0.1, 0.15) is 5.69 Å². The summed E-state index contributed by atoms with van der Waals surface area (Å²) in [6, 6.07) is 3.38. The molecule has 0 aliphatic carbocycles. The molecule has 0 amide bonds. The number of pyridine rings is 1. The molecule has 0 saturated carbocycles. The second-order valence-electron chi connectivity index (χ2n) is 2.77. The van der Waals surface area contributed by atoms with Gasteiger partial charge in [-0.2, -0.15) is 0 Å². The molecule has 5 heteroatoms. The maximum Gasteiger partial charge on any atom is 0.266 e. The minimum absolute atomic E-state index is 0.238. The molecule has 14 heavy (non-hydrogen) atoms. The molecule has 2 heterocycles. The van der Waals surface area contributed by atoms with Gasteiger partial charge in [-0.05, 0) is 12.1 Å². The predicted molar refractivity (Wildman–Crippen MR) is 52.5 cm³/mol. The zero-order valence-corrected chi connectivity index (χ0v) is 7.27. The Labute approximate surface area is 79.6 Å². The van der Waals surface area contributed by atoms with Crippen molar-refractivity contribution in [3.8, 4) is 11.4 Å². The van der Waals surface area contributed by atoms with Gasteiger partial charge in [-0.1, -0.05) is 0 Å². The molecule has 0 bridgehead atoms. The molecule has 0 atom stereocenters. The molecule has 0 unspecified atom stereocenters. The largest absolute Gasteiger partial charge is 0.399 e. The van der Waals surface area contributed by atoms with Crippen LogP contribution in [0.5, 0.6) is 0 Å². The number of nitrogens with two attached hydrogens (primary N) is 1. The van der Waals surface area contributed by atoms with Gasteiger partial charge in [-0.15, -0.1) is 0 Å². The molecule has 0 radical (unpaired) electrons. The summed E-state index contributed by atoms with van der Waals surface area (Å²) in [6.45, 7) is 0. The number of hydrogen-bond acceptors (Lipinski definition) is 4. The third-order valence-electron chi connectivity index (χ3n) is 1.72. The summed E-state index contributed by atoms with van der Waals surface area (Å²) in [6.07, 6.45) is 4.31. The van der Waals surface area contributed by atoms with Crippen LogP contribution in [0, 0.1) is 0 Å². The maximum absolute atomic E-state index is 10.8. The Kier molecular flexibility index (Phi) is 1.98. The van der Waals surface area contributed by atoms with Gasteiger partial charge in [-0.3, -0.25) is 9.78 Å². The van der Waals surface area contributed by atoms with Crippen LogP contribution in [-0.2, 0) is 0 Å². The van der Waals surface area contributed by atoms with Gasteiger partial charge < -0.3 is 10.7 Å². The van der Waals surface area contributed by atoms with E-state index in [9.17, 15) is 4.79 Å². The topological polar surface area (TPSA) is 84.7 Å². The standard InChI is InChI=1S/C9H8N4O/c10-6-1-2-11-7(3-6)8-4-13-9(14)5-12-8/h1-5H,(H2,10,11)(H,13,14). The third kappa shape index (κ3) is 1.61. The number of nitrogen functional groups attached to an aromatic ring is 1. The zero-order chi connectivity index (χ0) is 9.97. The Morgan fingerprint density at radius 3 is 2.79 bits per heavy atom. The fourth-order valence-electron chi connectivity index (χ4n) is 1.07. The van der Waals surface area contributed by atoms with Gasteiger partial charge in [0.2, 0.25) is 0 Å². The number of aromatic nitrogens is 3. The molecule has 0 fully saturated rings. The van der Waals surface area contributed by atoms with Crippen molar-refractivity contribution in [2.45, 2.75) is 0 Å². The molecular formula is C9H8N4O. The summed E-state index contributed by atoms with van der Waals surface area (Å²) in [5, 5.41) is 0. The minimum atomic E-state index is -0.238. The average molecular weight is 188 g/mol. The van der Waals surface area contributed by atoms with E-state index >= 15 is 0 Å². The molecule has 0 aliphatic rings. The third-order valence-corrected chi connectivity index (χ3v) is 1.72. The second-order valence-corrected chi connectivity index (χ2v) is 2.77. The number of nitrogens with zero attached hydrogens (tertiary/aromatic N) is 2. The van der Waals surface area contributed by atoms with E-state index in [0.29, 0.717) is 17.1 Å². The lowest BCUT2D eigenvalue weighted by Gasteiger charge is -1.99. The summed E-state index contributed by atoms with van der Waals surface area (Å²) in [7, 11) is 0. The van der Waals surface area contributed by atoms with Crippen molar-refractivity contribution < 1.29 is 0 Å². The number of anilines is 1. The predicted octanol–water partition coefficient (Wildman–Crippen LogP) is 0.414. The summed E-state index contributed by atoms with van der Waals surface area (Å²) in [5.74, 6) is 0. The Morgan fingerprint density at radius 1 is 1.29 bits per heavy atom. The van der Waals surface area contributed by atoms with E-state index in [1.54, 1.807) is 18.3 Å². The van der Waals surface area contributed by atoms with Crippen LogP contribution in [-0.4, -0.2) is 15.0 Å². The molecule has 2 aromatic rings. The van der Waals surface area contributed by atoms with Crippen LogP contribution in [0.2, 0.25) is 0 Å². The molecule has 3 N–H and O–H groups in total. The van der Waals surface area contributed by atoms with E-state index in [1.807, 2.05) is 0 Å². The number of aromatic amines is 1.